The third kappa shape index (κ3) is 4.34. The molecular weight excluding hydrogens is 461 g/mol. The molecule has 1 aliphatic carbocycles. The number of rotatable bonds is 5. The van der Waals surface area contributed by atoms with Gasteiger partial charge in [0.25, 0.3) is 0 Å². The molecule has 6 heteroatoms. The summed E-state index contributed by atoms with van der Waals surface area (Å²) >= 11 is 0. The van der Waals surface area contributed by atoms with E-state index in [9.17, 15) is 13.2 Å². The number of benzene rings is 2. The highest BCUT2D eigenvalue weighted by Crippen LogP contribution is 2.51. The molecule has 0 spiro atoms. The van der Waals surface area contributed by atoms with Crippen LogP contribution in [0.25, 0.3) is 0 Å². The van der Waals surface area contributed by atoms with Crippen molar-refractivity contribution in [2.24, 2.45) is 11.8 Å². The lowest BCUT2D eigenvalue weighted by atomic mass is 9.64. The van der Waals surface area contributed by atoms with E-state index in [2.05, 4.69) is 61.6 Å². The molecule has 3 nitrogen and oxygen atoms in total. The summed E-state index contributed by atoms with van der Waals surface area (Å²) in [6, 6.07) is 10.6. The van der Waals surface area contributed by atoms with Gasteiger partial charge in [-0.1, -0.05) is 37.6 Å². The van der Waals surface area contributed by atoms with Gasteiger partial charge in [0.2, 0.25) is 0 Å². The molecule has 5 unspecified atom stereocenters. The van der Waals surface area contributed by atoms with E-state index in [0.717, 1.165) is 48.2 Å². The van der Waals surface area contributed by atoms with Crippen LogP contribution in [0.15, 0.2) is 60.4 Å². The molecule has 2 aliphatic heterocycles. The van der Waals surface area contributed by atoms with Gasteiger partial charge in [0.05, 0.1) is 18.4 Å². The van der Waals surface area contributed by atoms with Crippen LogP contribution in [-0.2, 0) is 6.18 Å². The van der Waals surface area contributed by atoms with Crippen LogP contribution >= 0.6 is 0 Å². The van der Waals surface area contributed by atoms with Crippen molar-refractivity contribution >= 4 is 5.69 Å². The van der Waals surface area contributed by atoms with Gasteiger partial charge in [-0.3, -0.25) is 0 Å². The molecule has 192 valence electrons. The zero-order valence-electron chi connectivity index (χ0n) is 21.4. The molecule has 2 fully saturated rings. The monoisotopic (exact) mass is 496 g/mol. The summed E-state index contributed by atoms with van der Waals surface area (Å²) in [7, 11) is 1.73. The Labute approximate surface area is 212 Å². The molecular formula is C30H35F3N2O. The van der Waals surface area contributed by atoms with E-state index >= 15 is 0 Å². The predicted molar refractivity (Wildman–Crippen MR) is 138 cm³/mol. The van der Waals surface area contributed by atoms with Crippen LogP contribution in [-0.4, -0.2) is 13.2 Å². The molecule has 0 aromatic heterocycles. The van der Waals surface area contributed by atoms with Crippen LogP contribution in [0.4, 0.5) is 18.9 Å². The van der Waals surface area contributed by atoms with Gasteiger partial charge in [-0.05, 0) is 85.4 Å². The number of hydrogen-bond acceptors (Lipinski definition) is 3. The molecule has 2 heterocycles. The van der Waals surface area contributed by atoms with Gasteiger partial charge < -0.3 is 15.0 Å². The van der Waals surface area contributed by atoms with Crippen LogP contribution in [0.3, 0.4) is 0 Å². The number of alkyl halides is 3. The van der Waals surface area contributed by atoms with Gasteiger partial charge in [0, 0.05) is 30.4 Å². The zero-order chi connectivity index (χ0) is 25.6. The van der Waals surface area contributed by atoms with Gasteiger partial charge in [0.1, 0.15) is 5.75 Å². The lowest BCUT2D eigenvalue weighted by Crippen LogP contribution is -2.59. The molecule has 3 aliphatic rings. The van der Waals surface area contributed by atoms with Crippen LogP contribution in [0.2, 0.25) is 0 Å². The minimum atomic E-state index is -4.30. The molecule has 0 amide bonds. The van der Waals surface area contributed by atoms with Crippen molar-refractivity contribution in [3.63, 3.8) is 0 Å². The van der Waals surface area contributed by atoms with E-state index in [1.54, 1.807) is 19.2 Å². The van der Waals surface area contributed by atoms with Gasteiger partial charge in [-0.2, -0.15) is 13.2 Å². The smallest absolute Gasteiger partial charge is 0.416 e. The lowest BCUT2D eigenvalue weighted by molar-refractivity contribution is -0.137. The quantitative estimate of drug-likeness (QED) is 0.456. The molecule has 2 aromatic rings. The Morgan fingerprint density at radius 1 is 1.06 bits per heavy atom. The molecule has 1 saturated heterocycles. The third-order valence-corrected chi connectivity index (χ3v) is 8.50. The predicted octanol–water partition coefficient (Wildman–Crippen LogP) is 7.88. The third-order valence-electron chi connectivity index (χ3n) is 8.50. The zero-order valence-corrected chi connectivity index (χ0v) is 21.4. The van der Waals surface area contributed by atoms with E-state index < -0.39 is 11.7 Å². The largest absolute Gasteiger partial charge is 0.494 e. The first-order chi connectivity index (χ1) is 17.2. The van der Waals surface area contributed by atoms with Crippen molar-refractivity contribution in [3.05, 3.63) is 82.7 Å². The van der Waals surface area contributed by atoms with Gasteiger partial charge >= 0.3 is 6.18 Å². The Bertz CT molecular complexity index is 1170. The maximum atomic E-state index is 13.0. The lowest BCUT2D eigenvalue weighted by Gasteiger charge is -2.53. The topological polar surface area (TPSA) is 24.5 Å². The van der Waals surface area contributed by atoms with Crippen molar-refractivity contribution in [1.82, 2.24) is 5.32 Å². The highest BCUT2D eigenvalue weighted by Gasteiger charge is 2.48. The summed E-state index contributed by atoms with van der Waals surface area (Å²) < 4.78 is 45.0. The van der Waals surface area contributed by atoms with Gasteiger partial charge in [0.15, 0.2) is 0 Å². The highest BCUT2D eigenvalue weighted by molar-refractivity contribution is 5.68. The SMILES string of the molecule is CCC1C=CN(c2ccc(C3NC4C(c5ccc(C(F)(F)F)cc5)CCCC34)c(C)c2OC)C=C1C. The fourth-order valence-electron chi connectivity index (χ4n) is 6.48. The Morgan fingerprint density at radius 2 is 1.81 bits per heavy atom. The number of halogens is 3. The minimum Gasteiger partial charge on any atom is -0.494 e. The number of fused-ring (bicyclic) bond motifs is 1. The first-order valence-corrected chi connectivity index (χ1v) is 13.0. The van der Waals surface area contributed by atoms with Crippen molar-refractivity contribution in [2.75, 3.05) is 12.0 Å². The Morgan fingerprint density at radius 3 is 2.44 bits per heavy atom. The maximum Gasteiger partial charge on any atom is 0.416 e. The van der Waals surface area contributed by atoms with Crippen molar-refractivity contribution in [2.45, 2.75) is 70.6 Å². The number of hydrogen-bond donors (Lipinski definition) is 1. The fraction of sp³-hybridized carbons (Fsp3) is 0.467. The molecule has 0 bridgehead atoms. The first-order valence-electron chi connectivity index (χ1n) is 13.0. The standard InChI is InChI=1S/C30H35F3N2O/c1-5-20-15-16-35(17-18(20)2)26-14-13-23(19(3)29(26)36-4)27-25-8-6-7-24(28(25)34-27)21-9-11-22(12-10-21)30(31,32)33/h9-17,20,24-25,27-28,34H,5-8H2,1-4H3. The fourth-order valence-corrected chi connectivity index (χ4v) is 6.48. The van der Waals surface area contributed by atoms with E-state index in [4.69, 9.17) is 4.74 Å². The van der Waals surface area contributed by atoms with Crippen molar-refractivity contribution in [1.29, 1.82) is 0 Å². The second-order valence-electron chi connectivity index (χ2n) is 10.5. The number of allylic oxidation sites excluding steroid dienone is 2. The van der Waals surface area contributed by atoms with Crippen LogP contribution < -0.4 is 15.0 Å². The van der Waals surface area contributed by atoms with Crippen LogP contribution in [0.1, 0.15) is 73.7 Å². The van der Waals surface area contributed by atoms with E-state index in [-0.39, 0.29) is 18.0 Å². The van der Waals surface area contributed by atoms with E-state index in [1.165, 1.54) is 23.3 Å². The average Bonchev–Trinajstić information content (AvgIpc) is 2.85. The second-order valence-corrected chi connectivity index (χ2v) is 10.5. The van der Waals surface area contributed by atoms with E-state index in [1.807, 2.05) is 0 Å². The molecule has 0 radical (unpaired) electrons. The summed E-state index contributed by atoms with van der Waals surface area (Å²) in [6.45, 7) is 6.50. The van der Waals surface area contributed by atoms with Crippen molar-refractivity contribution < 1.29 is 17.9 Å². The Hall–Kier alpha value is -2.73. The summed E-state index contributed by atoms with van der Waals surface area (Å²) in [5.74, 6) is 2.06. The van der Waals surface area contributed by atoms with E-state index in [0.29, 0.717) is 11.8 Å². The molecule has 1 N–H and O–H groups in total. The molecule has 1 saturated carbocycles. The summed E-state index contributed by atoms with van der Waals surface area (Å²) in [6.07, 6.45) is 6.57. The number of anilines is 1. The number of nitrogens with zero attached hydrogens (tertiary/aromatic N) is 1. The maximum absolute atomic E-state index is 13.0. The number of methoxy groups -OCH3 is 1. The normalized spacial score (nSPS) is 27.8. The minimum absolute atomic E-state index is 0.230. The average molecular weight is 497 g/mol. The van der Waals surface area contributed by atoms with Gasteiger partial charge in [-0.15, -0.1) is 0 Å². The number of nitrogens with one attached hydrogen (secondary N) is 1. The van der Waals surface area contributed by atoms with Crippen LogP contribution in [0, 0.1) is 18.8 Å². The number of ether oxygens (including phenoxy) is 1. The molecule has 5 rings (SSSR count). The Kier molecular flexibility index (Phi) is 6.67. The summed E-state index contributed by atoms with van der Waals surface area (Å²) in [5.41, 5.74) is 5.17. The summed E-state index contributed by atoms with van der Waals surface area (Å²) in [5, 5.41) is 3.79. The molecule has 5 atom stereocenters. The van der Waals surface area contributed by atoms with Crippen molar-refractivity contribution in [3.8, 4) is 5.75 Å². The highest BCUT2D eigenvalue weighted by atomic mass is 19.4. The first kappa shape index (κ1) is 24.9. The second kappa shape index (κ2) is 9.62. The molecule has 36 heavy (non-hydrogen) atoms. The van der Waals surface area contributed by atoms with Crippen LogP contribution in [0.5, 0.6) is 5.75 Å². The summed E-state index contributed by atoms with van der Waals surface area (Å²) in [4.78, 5) is 2.15. The Balaban J connectivity index is 1.36. The van der Waals surface area contributed by atoms with Gasteiger partial charge in [-0.25, -0.2) is 0 Å². The molecule has 2 aromatic carbocycles.